The molecule has 0 saturated carbocycles. The Labute approximate surface area is 129 Å². The predicted molar refractivity (Wildman–Crippen MR) is 77.7 cm³/mol. The quantitative estimate of drug-likeness (QED) is 0.855. The normalized spacial score (nSPS) is 11.5. The number of sulfone groups is 1. The van der Waals surface area contributed by atoms with E-state index in [2.05, 4.69) is 26.0 Å². The molecule has 1 aromatic carbocycles. The van der Waals surface area contributed by atoms with Crippen molar-refractivity contribution in [2.45, 2.75) is 24.1 Å². The number of aromatic nitrogens is 3. The van der Waals surface area contributed by atoms with E-state index >= 15 is 0 Å². The minimum atomic E-state index is -3.74. The summed E-state index contributed by atoms with van der Waals surface area (Å²) in [7, 11) is -3.74. The first-order chi connectivity index (χ1) is 9.85. The van der Waals surface area contributed by atoms with E-state index in [4.69, 9.17) is 5.11 Å². The number of halogens is 1. The Bertz CT molecular complexity index is 786. The molecule has 0 atom stereocenters. The van der Waals surface area contributed by atoms with Crippen molar-refractivity contribution >= 4 is 31.7 Å². The summed E-state index contributed by atoms with van der Waals surface area (Å²) >= 11 is 3.14. The van der Waals surface area contributed by atoms with E-state index in [0.29, 0.717) is 16.8 Å². The molecule has 21 heavy (non-hydrogen) atoms. The van der Waals surface area contributed by atoms with Gasteiger partial charge >= 0.3 is 5.97 Å². The molecular weight excluding hydrogens is 362 g/mol. The lowest BCUT2D eigenvalue weighted by Crippen LogP contribution is -2.12. The molecule has 2 rings (SSSR count). The van der Waals surface area contributed by atoms with Crippen molar-refractivity contribution < 1.29 is 18.3 Å². The van der Waals surface area contributed by atoms with Gasteiger partial charge in [-0.2, -0.15) is 5.10 Å². The third kappa shape index (κ3) is 3.30. The van der Waals surface area contributed by atoms with E-state index < -0.39 is 15.8 Å². The molecular formula is C12H12BrN3O4S. The van der Waals surface area contributed by atoms with Gasteiger partial charge in [-0.3, -0.25) is 0 Å². The maximum absolute atomic E-state index is 12.5. The topological polar surface area (TPSA) is 102 Å². The van der Waals surface area contributed by atoms with Crippen LogP contribution in [-0.4, -0.2) is 34.3 Å². The van der Waals surface area contributed by atoms with Crippen molar-refractivity contribution in [3.63, 3.8) is 0 Å². The number of carbonyl (C=O) groups is 1. The Morgan fingerprint density at radius 2 is 2.14 bits per heavy atom. The first kappa shape index (κ1) is 15.6. The Morgan fingerprint density at radius 3 is 2.76 bits per heavy atom. The van der Waals surface area contributed by atoms with Crippen LogP contribution in [0.15, 0.2) is 33.9 Å². The van der Waals surface area contributed by atoms with Gasteiger partial charge in [-0.1, -0.05) is 0 Å². The number of nitrogens with zero attached hydrogens (tertiary/aromatic N) is 3. The fraction of sp³-hybridized carbons (Fsp3) is 0.250. The van der Waals surface area contributed by atoms with Crippen LogP contribution in [-0.2, 0) is 22.1 Å². The molecule has 0 bridgehead atoms. The highest BCUT2D eigenvalue weighted by Crippen LogP contribution is 2.26. The summed E-state index contributed by atoms with van der Waals surface area (Å²) in [6, 6.07) is 3.87. The van der Waals surface area contributed by atoms with Gasteiger partial charge in [0.15, 0.2) is 9.84 Å². The van der Waals surface area contributed by atoms with Gasteiger partial charge in [-0.05, 0) is 41.1 Å². The Hall–Kier alpha value is -1.74. The Balaban J connectivity index is 2.44. The second kappa shape index (κ2) is 5.94. The smallest absolute Gasteiger partial charge is 0.335 e. The van der Waals surface area contributed by atoms with Gasteiger partial charge in [-0.15, -0.1) is 0 Å². The fourth-order valence-corrected chi connectivity index (χ4v) is 4.16. The average molecular weight is 374 g/mol. The van der Waals surface area contributed by atoms with Crippen LogP contribution in [0.3, 0.4) is 0 Å². The van der Waals surface area contributed by atoms with E-state index in [1.54, 1.807) is 0 Å². The molecule has 1 heterocycles. The summed E-state index contributed by atoms with van der Waals surface area (Å²) in [5, 5.41) is 12.9. The van der Waals surface area contributed by atoms with Crippen molar-refractivity contribution in [2.24, 2.45) is 0 Å². The first-order valence-corrected chi connectivity index (χ1v) is 8.42. The van der Waals surface area contributed by atoms with Crippen LogP contribution in [0.25, 0.3) is 0 Å². The zero-order valence-corrected chi connectivity index (χ0v) is 13.4. The number of carboxylic acids is 1. The van der Waals surface area contributed by atoms with Crippen LogP contribution < -0.4 is 0 Å². The van der Waals surface area contributed by atoms with Crippen LogP contribution in [0, 0.1) is 0 Å². The van der Waals surface area contributed by atoms with Crippen LogP contribution in [0.2, 0.25) is 0 Å². The molecule has 1 N–H and O–H groups in total. The monoisotopic (exact) mass is 373 g/mol. The molecule has 0 saturated heterocycles. The van der Waals surface area contributed by atoms with E-state index in [9.17, 15) is 13.2 Å². The van der Waals surface area contributed by atoms with Gasteiger partial charge in [-0.25, -0.2) is 22.9 Å². The number of rotatable bonds is 5. The molecule has 0 spiro atoms. The van der Waals surface area contributed by atoms with Crippen molar-refractivity contribution in [3.8, 4) is 0 Å². The minimum absolute atomic E-state index is 0.0759. The second-order valence-electron chi connectivity index (χ2n) is 4.20. The highest BCUT2D eigenvalue weighted by atomic mass is 79.9. The molecule has 112 valence electrons. The maximum Gasteiger partial charge on any atom is 0.335 e. The van der Waals surface area contributed by atoms with Crippen molar-refractivity contribution in [2.75, 3.05) is 0 Å². The number of aromatic carboxylic acids is 1. The zero-order chi connectivity index (χ0) is 15.6. The second-order valence-corrected chi connectivity index (χ2v) is 7.01. The lowest BCUT2D eigenvalue weighted by Gasteiger charge is -2.08. The Kier molecular flexibility index (Phi) is 4.43. The van der Waals surface area contributed by atoms with E-state index in [-0.39, 0.29) is 16.2 Å². The van der Waals surface area contributed by atoms with Gasteiger partial charge in [0.2, 0.25) is 0 Å². The molecule has 9 heteroatoms. The Morgan fingerprint density at radius 1 is 1.43 bits per heavy atom. The molecule has 0 unspecified atom stereocenters. The zero-order valence-electron chi connectivity index (χ0n) is 11.0. The van der Waals surface area contributed by atoms with Crippen molar-refractivity contribution in [1.29, 1.82) is 0 Å². The van der Waals surface area contributed by atoms with Crippen LogP contribution in [0.4, 0.5) is 0 Å². The van der Waals surface area contributed by atoms with Gasteiger partial charge < -0.3 is 5.11 Å². The predicted octanol–water partition coefficient (Wildman–Crippen LogP) is 1.73. The third-order valence-electron chi connectivity index (χ3n) is 2.83. The van der Waals surface area contributed by atoms with E-state index in [0.717, 1.165) is 6.07 Å². The molecule has 0 radical (unpaired) electrons. The van der Waals surface area contributed by atoms with Gasteiger partial charge in [0.25, 0.3) is 0 Å². The van der Waals surface area contributed by atoms with Crippen LogP contribution in [0.1, 0.15) is 23.1 Å². The summed E-state index contributed by atoms with van der Waals surface area (Å²) in [6.07, 6.45) is 1.29. The van der Waals surface area contributed by atoms with Gasteiger partial charge in [0.1, 0.15) is 17.9 Å². The molecule has 0 fully saturated rings. The SMILES string of the molecule is CCn1ncnc1CS(=O)(=O)c1cc(C(=O)O)ccc1Br. The number of hydrogen-bond acceptors (Lipinski definition) is 5. The molecule has 0 aliphatic carbocycles. The standard InChI is InChI=1S/C12H12BrN3O4S/c1-2-16-11(14-7-15-16)6-21(19,20)10-5-8(12(17)18)3-4-9(10)13/h3-5,7H,2,6H2,1H3,(H,17,18). The first-order valence-electron chi connectivity index (χ1n) is 5.97. The maximum atomic E-state index is 12.5. The number of aryl methyl sites for hydroxylation is 1. The summed E-state index contributed by atoms with van der Waals surface area (Å²) in [5.41, 5.74) is -0.0891. The molecule has 7 nitrogen and oxygen atoms in total. The molecule has 2 aromatic rings. The fourth-order valence-electron chi connectivity index (χ4n) is 1.79. The molecule has 1 aromatic heterocycles. The van der Waals surface area contributed by atoms with E-state index in [1.807, 2.05) is 6.92 Å². The number of carboxylic acid groups (broad SMARTS) is 1. The van der Waals surface area contributed by atoms with E-state index in [1.165, 1.54) is 23.1 Å². The number of benzene rings is 1. The average Bonchev–Trinajstić information content (AvgIpc) is 2.85. The van der Waals surface area contributed by atoms with Crippen LogP contribution >= 0.6 is 15.9 Å². The number of hydrogen-bond donors (Lipinski definition) is 1. The summed E-state index contributed by atoms with van der Waals surface area (Å²) in [6.45, 7) is 2.33. The van der Waals surface area contributed by atoms with Crippen molar-refractivity contribution in [3.05, 3.63) is 40.4 Å². The molecule has 0 aliphatic heterocycles. The largest absolute Gasteiger partial charge is 0.478 e. The minimum Gasteiger partial charge on any atom is -0.478 e. The van der Waals surface area contributed by atoms with Gasteiger partial charge in [0, 0.05) is 11.0 Å². The summed E-state index contributed by atoms with van der Waals surface area (Å²) in [5.74, 6) is -1.22. The summed E-state index contributed by atoms with van der Waals surface area (Å²) in [4.78, 5) is 14.8. The van der Waals surface area contributed by atoms with Gasteiger partial charge in [0.05, 0.1) is 10.5 Å². The third-order valence-corrected chi connectivity index (χ3v) is 5.43. The van der Waals surface area contributed by atoms with Crippen molar-refractivity contribution in [1.82, 2.24) is 14.8 Å². The molecule has 0 amide bonds. The lowest BCUT2D eigenvalue weighted by molar-refractivity contribution is 0.0696. The summed E-state index contributed by atoms with van der Waals surface area (Å²) < 4.78 is 26.7. The van der Waals surface area contributed by atoms with Crippen LogP contribution in [0.5, 0.6) is 0 Å². The highest BCUT2D eigenvalue weighted by Gasteiger charge is 2.23. The lowest BCUT2D eigenvalue weighted by atomic mass is 10.2. The molecule has 0 aliphatic rings. The highest BCUT2D eigenvalue weighted by molar-refractivity contribution is 9.10.